The van der Waals surface area contributed by atoms with Crippen LogP contribution in [0.25, 0.3) is 0 Å². The lowest BCUT2D eigenvalue weighted by Crippen LogP contribution is -2.18. The Balaban J connectivity index is 3.25. The van der Waals surface area contributed by atoms with Crippen molar-refractivity contribution in [1.82, 2.24) is 4.57 Å². The minimum absolute atomic E-state index is 0.634. The second-order valence-electron chi connectivity index (χ2n) is 2.91. The molecule has 0 aliphatic carbocycles. The SMILES string of the molecule is C[C@@H](C(=O)O)n1ccc(=O)c([N+](=O)[O-])c1. The molecule has 1 rings (SSSR count). The van der Waals surface area contributed by atoms with Gasteiger partial charge in [0.15, 0.2) is 0 Å². The van der Waals surface area contributed by atoms with Gasteiger partial charge in [-0.3, -0.25) is 14.9 Å². The number of carboxylic acid groups (broad SMARTS) is 1. The first-order valence-electron chi connectivity index (χ1n) is 4.02. The number of aromatic nitrogens is 1. The Morgan fingerprint density at radius 1 is 1.67 bits per heavy atom. The van der Waals surface area contributed by atoms with Gasteiger partial charge in [0.05, 0.1) is 11.1 Å². The summed E-state index contributed by atoms with van der Waals surface area (Å²) in [5, 5.41) is 19.1. The molecule has 1 aromatic rings. The average Bonchev–Trinajstić information content (AvgIpc) is 2.16. The smallest absolute Gasteiger partial charge is 0.332 e. The molecule has 0 aliphatic heterocycles. The zero-order valence-corrected chi connectivity index (χ0v) is 7.78. The maximum atomic E-state index is 11.0. The van der Waals surface area contributed by atoms with Crippen LogP contribution in [0.4, 0.5) is 5.69 Å². The average molecular weight is 212 g/mol. The van der Waals surface area contributed by atoms with E-state index < -0.39 is 28.1 Å². The third kappa shape index (κ3) is 2.19. The summed E-state index contributed by atoms with van der Waals surface area (Å²) in [6.07, 6.45) is 2.12. The summed E-state index contributed by atoms with van der Waals surface area (Å²) in [6, 6.07) is 0.0155. The Morgan fingerprint density at radius 2 is 2.27 bits per heavy atom. The van der Waals surface area contributed by atoms with E-state index in [-0.39, 0.29) is 0 Å². The van der Waals surface area contributed by atoms with Crippen molar-refractivity contribution in [2.24, 2.45) is 0 Å². The molecule has 1 heterocycles. The van der Waals surface area contributed by atoms with E-state index >= 15 is 0 Å². The summed E-state index contributed by atoms with van der Waals surface area (Å²) in [5.74, 6) is -1.13. The fourth-order valence-corrected chi connectivity index (χ4v) is 0.993. The zero-order valence-electron chi connectivity index (χ0n) is 7.78. The lowest BCUT2D eigenvalue weighted by atomic mass is 10.3. The van der Waals surface area contributed by atoms with Crippen LogP contribution >= 0.6 is 0 Å². The molecule has 1 aromatic heterocycles. The molecule has 7 nitrogen and oxygen atoms in total. The van der Waals surface area contributed by atoms with Gasteiger partial charge in [0.2, 0.25) is 0 Å². The highest BCUT2D eigenvalue weighted by atomic mass is 16.6. The molecule has 1 N–H and O–H groups in total. The van der Waals surface area contributed by atoms with Crippen LogP contribution in [0.15, 0.2) is 23.3 Å². The van der Waals surface area contributed by atoms with Crippen molar-refractivity contribution < 1.29 is 14.8 Å². The molecule has 0 aliphatic rings. The van der Waals surface area contributed by atoms with Crippen LogP contribution < -0.4 is 5.43 Å². The second-order valence-corrected chi connectivity index (χ2v) is 2.91. The van der Waals surface area contributed by atoms with Gasteiger partial charge in [-0.05, 0) is 6.92 Å². The van der Waals surface area contributed by atoms with E-state index in [2.05, 4.69) is 0 Å². The van der Waals surface area contributed by atoms with Crippen LogP contribution in [-0.4, -0.2) is 20.6 Å². The van der Waals surface area contributed by atoms with Crippen molar-refractivity contribution in [2.45, 2.75) is 13.0 Å². The van der Waals surface area contributed by atoms with Crippen molar-refractivity contribution in [1.29, 1.82) is 0 Å². The largest absolute Gasteiger partial charge is 0.480 e. The number of rotatable bonds is 3. The summed E-state index contributed by atoms with van der Waals surface area (Å²) in [4.78, 5) is 31.2. The topological polar surface area (TPSA) is 102 Å². The van der Waals surface area contributed by atoms with Gasteiger partial charge in [-0.15, -0.1) is 0 Å². The number of aliphatic carboxylic acids is 1. The van der Waals surface area contributed by atoms with Crippen molar-refractivity contribution in [3.63, 3.8) is 0 Å². The highest BCUT2D eigenvalue weighted by Gasteiger charge is 2.17. The molecule has 0 fully saturated rings. The third-order valence-electron chi connectivity index (χ3n) is 1.92. The molecule has 0 saturated carbocycles. The Bertz CT molecular complexity index is 464. The van der Waals surface area contributed by atoms with E-state index in [9.17, 15) is 19.7 Å². The predicted molar refractivity (Wildman–Crippen MR) is 49.7 cm³/mol. The number of carboxylic acids is 1. The summed E-state index contributed by atoms with van der Waals surface area (Å²) in [5.41, 5.74) is -1.38. The van der Waals surface area contributed by atoms with Crippen LogP contribution in [0.3, 0.4) is 0 Å². The van der Waals surface area contributed by atoms with Crippen molar-refractivity contribution in [3.05, 3.63) is 38.8 Å². The Labute approximate surface area is 83.7 Å². The van der Waals surface area contributed by atoms with Gasteiger partial charge in [0, 0.05) is 12.3 Å². The number of carbonyl (C=O) groups is 1. The van der Waals surface area contributed by atoms with E-state index in [0.29, 0.717) is 0 Å². The lowest BCUT2D eigenvalue weighted by molar-refractivity contribution is -0.386. The Hall–Kier alpha value is -2.18. The van der Waals surface area contributed by atoms with E-state index in [0.717, 1.165) is 16.8 Å². The van der Waals surface area contributed by atoms with Gasteiger partial charge in [-0.25, -0.2) is 4.79 Å². The first kappa shape index (κ1) is 10.9. The number of nitrogens with zero attached hydrogens (tertiary/aromatic N) is 2. The molecule has 0 amide bonds. The molecule has 1 atom stereocenters. The minimum Gasteiger partial charge on any atom is -0.480 e. The Kier molecular flexibility index (Phi) is 2.84. The van der Waals surface area contributed by atoms with E-state index in [1.165, 1.54) is 13.1 Å². The van der Waals surface area contributed by atoms with E-state index in [1.807, 2.05) is 0 Å². The molecule has 7 heteroatoms. The fourth-order valence-electron chi connectivity index (χ4n) is 0.993. The molecule has 0 radical (unpaired) electrons. The molecule has 0 aromatic carbocycles. The number of hydrogen-bond acceptors (Lipinski definition) is 4. The summed E-state index contributed by atoms with van der Waals surface area (Å²) in [7, 11) is 0. The molecular weight excluding hydrogens is 204 g/mol. The molecule has 0 saturated heterocycles. The highest BCUT2D eigenvalue weighted by molar-refractivity contribution is 5.71. The minimum atomic E-state index is -1.13. The maximum Gasteiger partial charge on any atom is 0.332 e. The van der Waals surface area contributed by atoms with Crippen LogP contribution in [0.2, 0.25) is 0 Å². The van der Waals surface area contributed by atoms with E-state index in [1.54, 1.807) is 0 Å². The maximum absolute atomic E-state index is 11.0. The number of pyridine rings is 1. The number of nitro groups is 1. The lowest BCUT2D eigenvalue weighted by Gasteiger charge is -2.09. The molecule has 15 heavy (non-hydrogen) atoms. The molecular formula is C8H8N2O5. The van der Waals surface area contributed by atoms with Gasteiger partial charge in [0.25, 0.3) is 5.43 Å². The van der Waals surface area contributed by atoms with Gasteiger partial charge in [-0.2, -0.15) is 0 Å². The molecule has 80 valence electrons. The standard InChI is InChI=1S/C8H8N2O5/c1-5(8(12)13)9-3-2-7(11)6(4-9)10(14)15/h2-5H,1H3,(H,12,13)/t5-/m0/s1. The fraction of sp³-hybridized carbons (Fsp3) is 0.250. The quantitative estimate of drug-likeness (QED) is 0.577. The van der Waals surface area contributed by atoms with Crippen LogP contribution in [0.5, 0.6) is 0 Å². The molecule has 0 bridgehead atoms. The zero-order chi connectivity index (χ0) is 11.6. The van der Waals surface area contributed by atoms with Crippen LogP contribution in [-0.2, 0) is 4.79 Å². The first-order chi connectivity index (χ1) is 6.93. The molecule has 0 unspecified atom stereocenters. The normalized spacial score (nSPS) is 12.1. The number of hydrogen-bond donors (Lipinski definition) is 1. The summed E-state index contributed by atoms with van der Waals surface area (Å²) < 4.78 is 1.10. The highest BCUT2D eigenvalue weighted by Crippen LogP contribution is 2.09. The van der Waals surface area contributed by atoms with Gasteiger partial charge in [0.1, 0.15) is 6.04 Å². The van der Waals surface area contributed by atoms with Gasteiger partial charge in [-0.1, -0.05) is 0 Å². The molecule has 0 spiro atoms. The van der Waals surface area contributed by atoms with Gasteiger partial charge >= 0.3 is 11.7 Å². The monoisotopic (exact) mass is 212 g/mol. The second kappa shape index (κ2) is 3.91. The third-order valence-corrected chi connectivity index (χ3v) is 1.92. The summed E-state index contributed by atoms with van der Waals surface area (Å²) in [6.45, 7) is 1.36. The van der Waals surface area contributed by atoms with Gasteiger partial charge < -0.3 is 9.67 Å². The predicted octanol–water partition coefficient (Wildman–Crippen LogP) is 0.402. The Morgan fingerprint density at radius 3 is 2.73 bits per heavy atom. The van der Waals surface area contributed by atoms with E-state index in [4.69, 9.17) is 5.11 Å². The van der Waals surface area contributed by atoms with Crippen LogP contribution in [0, 0.1) is 10.1 Å². The van der Waals surface area contributed by atoms with Crippen molar-refractivity contribution in [2.75, 3.05) is 0 Å². The first-order valence-corrected chi connectivity index (χ1v) is 4.02. The van der Waals surface area contributed by atoms with Crippen molar-refractivity contribution in [3.8, 4) is 0 Å². The summed E-state index contributed by atoms with van der Waals surface area (Å²) >= 11 is 0. The van der Waals surface area contributed by atoms with Crippen molar-refractivity contribution >= 4 is 11.7 Å². The van der Waals surface area contributed by atoms with Crippen LogP contribution in [0.1, 0.15) is 13.0 Å².